The average Bonchev–Trinajstić information content (AvgIpc) is 3.08. The van der Waals surface area contributed by atoms with Crippen LogP contribution in [0.3, 0.4) is 0 Å². The minimum atomic E-state index is -0.471. The fraction of sp³-hybridized carbons (Fsp3) is 0.375. The molecule has 1 fully saturated rings. The lowest BCUT2D eigenvalue weighted by molar-refractivity contribution is -0.122. The number of benzene rings is 2. The van der Waals surface area contributed by atoms with E-state index < -0.39 is 5.92 Å². The Morgan fingerprint density at radius 3 is 2.43 bits per heavy atom. The highest BCUT2D eigenvalue weighted by molar-refractivity contribution is 6.07. The van der Waals surface area contributed by atoms with E-state index in [4.69, 9.17) is 0 Å². The van der Waals surface area contributed by atoms with Crippen molar-refractivity contribution in [3.8, 4) is 0 Å². The van der Waals surface area contributed by atoms with Gasteiger partial charge in [0.25, 0.3) is 5.91 Å². The number of nitrogens with zero attached hydrogens (tertiary/aromatic N) is 1. The van der Waals surface area contributed by atoms with Gasteiger partial charge in [-0.2, -0.15) is 0 Å². The SMILES string of the molecule is CCc1ccccc1N1CC(C(=O)Nc2ccccc2C(=O)NC(C)(C)C)CC1=O. The number of hydrogen-bond acceptors (Lipinski definition) is 3. The zero-order chi connectivity index (χ0) is 21.9. The van der Waals surface area contributed by atoms with Gasteiger partial charge in [-0.15, -0.1) is 0 Å². The van der Waals surface area contributed by atoms with Crippen LogP contribution >= 0.6 is 0 Å². The van der Waals surface area contributed by atoms with Crippen molar-refractivity contribution in [2.24, 2.45) is 5.92 Å². The highest BCUT2D eigenvalue weighted by atomic mass is 16.2. The predicted molar refractivity (Wildman–Crippen MR) is 119 cm³/mol. The van der Waals surface area contributed by atoms with Crippen molar-refractivity contribution >= 4 is 29.1 Å². The van der Waals surface area contributed by atoms with Crippen LogP contribution in [0.5, 0.6) is 0 Å². The van der Waals surface area contributed by atoms with Crippen LogP contribution in [-0.4, -0.2) is 29.8 Å². The molecule has 3 rings (SSSR count). The third-order valence-corrected chi connectivity index (χ3v) is 5.08. The Kier molecular flexibility index (Phi) is 6.25. The van der Waals surface area contributed by atoms with E-state index in [1.54, 1.807) is 29.2 Å². The quantitative estimate of drug-likeness (QED) is 0.792. The molecule has 30 heavy (non-hydrogen) atoms. The number of anilines is 2. The van der Waals surface area contributed by atoms with Gasteiger partial charge in [0.15, 0.2) is 0 Å². The molecule has 6 heteroatoms. The highest BCUT2D eigenvalue weighted by Crippen LogP contribution is 2.29. The van der Waals surface area contributed by atoms with E-state index in [9.17, 15) is 14.4 Å². The standard InChI is InChI=1S/C24H29N3O3/c1-5-16-10-6-9-13-20(16)27-15-17(14-21(27)28)22(29)25-19-12-8-7-11-18(19)23(30)26-24(2,3)4/h6-13,17H,5,14-15H2,1-4H3,(H,25,29)(H,26,30). The van der Waals surface area contributed by atoms with Crippen LogP contribution in [0.15, 0.2) is 48.5 Å². The summed E-state index contributed by atoms with van der Waals surface area (Å²) < 4.78 is 0. The van der Waals surface area contributed by atoms with Crippen molar-refractivity contribution in [1.29, 1.82) is 0 Å². The van der Waals surface area contributed by atoms with E-state index in [2.05, 4.69) is 10.6 Å². The van der Waals surface area contributed by atoms with Gasteiger partial charge in [0.2, 0.25) is 11.8 Å². The molecule has 0 spiro atoms. The van der Waals surface area contributed by atoms with Gasteiger partial charge < -0.3 is 15.5 Å². The molecule has 1 aliphatic rings. The Balaban J connectivity index is 1.75. The molecule has 1 aliphatic heterocycles. The topological polar surface area (TPSA) is 78.5 Å². The first-order valence-corrected chi connectivity index (χ1v) is 10.3. The van der Waals surface area contributed by atoms with Crippen LogP contribution in [0.4, 0.5) is 11.4 Å². The molecule has 1 heterocycles. The molecule has 0 radical (unpaired) electrons. The summed E-state index contributed by atoms with van der Waals surface area (Å²) in [7, 11) is 0. The van der Waals surface area contributed by atoms with Gasteiger partial charge in [0.1, 0.15) is 0 Å². The number of aryl methyl sites for hydroxylation is 1. The van der Waals surface area contributed by atoms with E-state index in [-0.39, 0.29) is 29.7 Å². The Morgan fingerprint density at radius 2 is 1.73 bits per heavy atom. The first kappa shape index (κ1) is 21.6. The summed E-state index contributed by atoms with van der Waals surface area (Å²) in [5, 5.41) is 5.78. The molecule has 2 N–H and O–H groups in total. The molecule has 2 aromatic rings. The maximum Gasteiger partial charge on any atom is 0.253 e. The van der Waals surface area contributed by atoms with E-state index >= 15 is 0 Å². The number of hydrogen-bond donors (Lipinski definition) is 2. The second kappa shape index (κ2) is 8.69. The number of para-hydroxylation sites is 2. The number of carbonyl (C=O) groups excluding carboxylic acids is 3. The maximum absolute atomic E-state index is 12.9. The van der Waals surface area contributed by atoms with E-state index in [1.807, 2.05) is 52.0 Å². The zero-order valence-corrected chi connectivity index (χ0v) is 18.0. The lowest BCUT2D eigenvalue weighted by Crippen LogP contribution is -2.41. The van der Waals surface area contributed by atoms with E-state index in [1.165, 1.54) is 0 Å². The Bertz CT molecular complexity index is 962. The van der Waals surface area contributed by atoms with Gasteiger partial charge >= 0.3 is 0 Å². The van der Waals surface area contributed by atoms with Crippen molar-refractivity contribution in [3.05, 3.63) is 59.7 Å². The molecule has 1 atom stereocenters. The molecule has 1 unspecified atom stereocenters. The summed E-state index contributed by atoms with van der Waals surface area (Å²) in [6.45, 7) is 8.08. The molecule has 0 aromatic heterocycles. The van der Waals surface area contributed by atoms with Crippen LogP contribution < -0.4 is 15.5 Å². The molecule has 1 saturated heterocycles. The second-order valence-electron chi connectivity index (χ2n) is 8.63. The van der Waals surface area contributed by atoms with Gasteiger partial charge in [0.05, 0.1) is 17.2 Å². The lowest BCUT2D eigenvalue weighted by Gasteiger charge is -2.22. The summed E-state index contributed by atoms with van der Waals surface area (Å²) in [5.41, 5.74) is 2.41. The van der Waals surface area contributed by atoms with Gasteiger partial charge in [-0.3, -0.25) is 14.4 Å². The molecule has 0 saturated carbocycles. The first-order chi connectivity index (χ1) is 14.2. The van der Waals surface area contributed by atoms with Crippen LogP contribution in [0.1, 0.15) is 50.0 Å². The first-order valence-electron chi connectivity index (χ1n) is 10.3. The average molecular weight is 408 g/mol. The van der Waals surface area contributed by atoms with E-state index in [0.717, 1.165) is 17.7 Å². The third kappa shape index (κ3) is 4.87. The Morgan fingerprint density at radius 1 is 1.07 bits per heavy atom. The third-order valence-electron chi connectivity index (χ3n) is 5.08. The number of nitrogens with one attached hydrogen (secondary N) is 2. The van der Waals surface area contributed by atoms with Crippen molar-refractivity contribution < 1.29 is 14.4 Å². The predicted octanol–water partition coefficient (Wildman–Crippen LogP) is 3.77. The van der Waals surface area contributed by atoms with Gasteiger partial charge in [0, 0.05) is 24.2 Å². The molecule has 3 amide bonds. The van der Waals surface area contributed by atoms with Gasteiger partial charge in [-0.1, -0.05) is 37.3 Å². The summed E-state index contributed by atoms with van der Waals surface area (Å²) in [5.74, 6) is -1.04. The van der Waals surface area contributed by atoms with Crippen molar-refractivity contribution in [2.75, 3.05) is 16.8 Å². The molecule has 158 valence electrons. The lowest BCUT2D eigenvalue weighted by atomic mass is 10.1. The number of rotatable bonds is 5. The zero-order valence-electron chi connectivity index (χ0n) is 18.0. The Labute approximate surface area is 177 Å². The number of carbonyl (C=O) groups is 3. The van der Waals surface area contributed by atoms with Crippen molar-refractivity contribution in [3.63, 3.8) is 0 Å². The minimum Gasteiger partial charge on any atom is -0.347 e. The molecule has 2 aromatic carbocycles. The molecule has 6 nitrogen and oxygen atoms in total. The second-order valence-corrected chi connectivity index (χ2v) is 8.63. The number of amides is 3. The molecular formula is C24H29N3O3. The van der Waals surface area contributed by atoms with Crippen LogP contribution in [-0.2, 0) is 16.0 Å². The van der Waals surface area contributed by atoms with Crippen LogP contribution in [0.25, 0.3) is 0 Å². The van der Waals surface area contributed by atoms with Gasteiger partial charge in [-0.05, 0) is 51.0 Å². The van der Waals surface area contributed by atoms with Crippen molar-refractivity contribution in [2.45, 2.75) is 46.1 Å². The summed E-state index contributed by atoms with van der Waals surface area (Å²) >= 11 is 0. The fourth-order valence-corrected chi connectivity index (χ4v) is 3.62. The largest absolute Gasteiger partial charge is 0.347 e. The smallest absolute Gasteiger partial charge is 0.253 e. The monoisotopic (exact) mass is 407 g/mol. The van der Waals surface area contributed by atoms with Crippen LogP contribution in [0, 0.1) is 5.92 Å². The fourth-order valence-electron chi connectivity index (χ4n) is 3.62. The molecule has 0 aliphatic carbocycles. The summed E-state index contributed by atoms with van der Waals surface area (Å²) in [4.78, 5) is 39.9. The van der Waals surface area contributed by atoms with Crippen molar-refractivity contribution in [1.82, 2.24) is 5.32 Å². The molecular weight excluding hydrogens is 378 g/mol. The summed E-state index contributed by atoms with van der Waals surface area (Å²) in [6.07, 6.45) is 0.966. The van der Waals surface area contributed by atoms with Crippen LogP contribution in [0.2, 0.25) is 0 Å². The summed E-state index contributed by atoms with van der Waals surface area (Å²) in [6, 6.07) is 14.7. The minimum absolute atomic E-state index is 0.0604. The molecule has 0 bridgehead atoms. The van der Waals surface area contributed by atoms with E-state index in [0.29, 0.717) is 17.8 Å². The normalized spacial score (nSPS) is 16.5. The Hall–Kier alpha value is -3.15. The maximum atomic E-state index is 12.9. The van der Waals surface area contributed by atoms with Gasteiger partial charge in [-0.25, -0.2) is 0 Å². The highest BCUT2D eigenvalue weighted by Gasteiger charge is 2.36.